The smallest absolute Gasteiger partial charge is 0.325 e. The summed E-state index contributed by atoms with van der Waals surface area (Å²) in [6.45, 7) is 5.97. The Hall–Kier alpha value is -3.68. The van der Waals surface area contributed by atoms with Crippen molar-refractivity contribution in [1.82, 2.24) is 9.13 Å². The van der Waals surface area contributed by atoms with Gasteiger partial charge in [0.15, 0.2) is 0 Å². The SMILES string of the molecule is CCOC(=O)Cn1cccc1CNc1ccc(NCc2cccn2CC(=O)OCC)cc1. The second kappa shape index (κ2) is 11.6. The molecule has 0 aliphatic heterocycles. The first-order valence-electron chi connectivity index (χ1n) is 10.8. The van der Waals surface area contributed by atoms with Crippen LogP contribution >= 0.6 is 0 Å². The summed E-state index contributed by atoms with van der Waals surface area (Å²) in [7, 11) is 0. The predicted octanol–water partition coefficient (Wildman–Crippen LogP) is 3.64. The average Bonchev–Trinajstić information content (AvgIpc) is 3.41. The summed E-state index contributed by atoms with van der Waals surface area (Å²) < 4.78 is 13.8. The molecule has 0 spiro atoms. The number of benzene rings is 1. The van der Waals surface area contributed by atoms with E-state index in [1.807, 2.05) is 70.1 Å². The highest BCUT2D eigenvalue weighted by atomic mass is 16.5. The van der Waals surface area contributed by atoms with E-state index in [-0.39, 0.29) is 25.0 Å². The maximum atomic E-state index is 11.7. The number of hydrogen-bond donors (Lipinski definition) is 2. The lowest BCUT2D eigenvalue weighted by Gasteiger charge is -2.12. The molecule has 0 radical (unpaired) electrons. The largest absolute Gasteiger partial charge is 0.465 e. The van der Waals surface area contributed by atoms with Gasteiger partial charge in [-0.2, -0.15) is 0 Å². The number of nitrogens with zero attached hydrogens (tertiary/aromatic N) is 2. The van der Waals surface area contributed by atoms with E-state index in [1.54, 1.807) is 13.8 Å². The quantitative estimate of drug-likeness (QED) is 0.420. The normalized spacial score (nSPS) is 10.6. The number of anilines is 2. The van der Waals surface area contributed by atoms with Crippen LogP contribution in [-0.2, 0) is 45.2 Å². The molecule has 0 bridgehead atoms. The van der Waals surface area contributed by atoms with Gasteiger partial charge in [0.1, 0.15) is 13.1 Å². The van der Waals surface area contributed by atoms with E-state index in [2.05, 4.69) is 10.6 Å². The summed E-state index contributed by atoms with van der Waals surface area (Å²) in [5.41, 5.74) is 3.96. The summed E-state index contributed by atoms with van der Waals surface area (Å²) in [5, 5.41) is 6.75. The summed E-state index contributed by atoms with van der Waals surface area (Å²) in [4.78, 5) is 23.5. The maximum Gasteiger partial charge on any atom is 0.325 e. The number of rotatable bonds is 12. The molecule has 0 fully saturated rings. The molecule has 0 saturated heterocycles. The van der Waals surface area contributed by atoms with Crippen LogP contribution in [0.25, 0.3) is 0 Å². The second-order valence-electron chi connectivity index (χ2n) is 7.15. The van der Waals surface area contributed by atoms with Crippen molar-refractivity contribution in [3.63, 3.8) is 0 Å². The molecule has 0 aliphatic carbocycles. The summed E-state index contributed by atoms with van der Waals surface area (Å²) in [6.07, 6.45) is 3.75. The Morgan fingerprint density at radius 1 is 0.719 bits per heavy atom. The number of ether oxygens (including phenoxy) is 2. The van der Waals surface area contributed by atoms with Crippen molar-refractivity contribution < 1.29 is 19.1 Å². The van der Waals surface area contributed by atoms with Crippen LogP contribution in [-0.4, -0.2) is 34.3 Å². The van der Waals surface area contributed by atoms with Crippen molar-refractivity contribution in [3.8, 4) is 0 Å². The van der Waals surface area contributed by atoms with Gasteiger partial charge in [-0.25, -0.2) is 0 Å². The van der Waals surface area contributed by atoms with Gasteiger partial charge in [0.2, 0.25) is 0 Å². The number of hydrogen-bond acceptors (Lipinski definition) is 6. The third-order valence-corrected chi connectivity index (χ3v) is 4.89. The molecule has 0 unspecified atom stereocenters. The molecule has 8 nitrogen and oxygen atoms in total. The van der Waals surface area contributed by atoms with Gasteiger partial charge in [-0.15, -0.1) is 0 Å². The number of nitrogens with one attached hydrogen (secondary N) is 2. The highest BCUT2D eigenvalue weighted by Gasteiger charge is 2.08. The lowest BCUT2D eigenvalue weighted by Crippen LogP contribution is -2.16. The first-order valence-corrected chi connectivity index (χ1v) is 10.8. The monoisotopic (exact) mass is 438 g/mol. The van der Waals surface area contributed by atoms with E-state index in [0.29, 0.717) is 26.3 Å². The molecule has 3 rings (SSSR count). The number of esters is 2. The molecule has 3 aromatic rings. The van der Waals surface area contributed by atoms with Crippen LogP contribution in [0.1, 0.15) is 25.2 Å². The van der Waals surface area contributed by atoms with Crippen LogP contribution in [0, 0.1) is 0 Å². The first-order chi connectivity index (χ1) is 15.6. The van der Waals surface area contributed by atoms with Crippen molar-refractivity contribution in [2.75, 3.05) is 23.8 Å². The molecule has 2 aromatic heterocycles. The Labute approximate surface area is 188 Å². The molecule has 0 aliphatic rings. The van der Waals surface area contributed by atoms with Crippen molar-refractivity contribution in [2.45, 2.75) is 40.0 Å². The van der Waals surface area contributed by atoms with E-state index in [9.17, 15) is 9.59 Å². The van der Waals surface area contributed by atoms with Gasteiger partial charge in [0.05, 0.1) is 26.3 Å². The standard InChI is InChI=1S/C24H30N4O4/c1-3-31-23(29)17-27-13-5-7-21(27)15-25-19-9-11-20(12-10-19)26-16-22-8-6-14-28(22)18-24(30)32-4-2/h5-14,25-26H,3-4,15-18H2,1-2H3. The van der Waals surface area contributed by atoms with E-state index in [1.165, 1.54) is 0 Å². The molecule has 2 N–H and O–H groups in total. The molecule has 32 heavy (non-hydrogen) atoms. The molecule has 0 saturated carbocycles. The van der Waals surface area contributed by atoms with Gasteiger partial charge >= 0.3 is 11.9 Å². The third-order valence-electron chi connectivity index (χ3n) is 4.89. The minimum Gasteiger partial charge on any atom is -0.465 e. The number of carbonyl (C=O) groups excluding carboxylic acids is 2. The molecule has 8 heteroatoms. The van der Waals surface area contributed by atoms with Gasteiger partial charge in [-0.3, -0.25) is 9.59 Å². The number of aromatic nitrogens is 2. The summed E-state index contributed by atoms with van der Waals surface area (Å²) >= 11 is 0. The van der Waals surface area contributed by atoms with E-state index in [0.717, 1.165) is 22.8 Å². The van der Waals surface area contributed by atoms with E-state index >= 15 is 0 Å². The Morgan fingerprint density at radius 3 is 1.50 bits per heavy atom. The predicted molar refractivity (Wildman–Crippen MR) is 123 cm³/mol. The van der Waals surface area contributed by atoms with Crippen LogP contribution in [0.2, 0.25) is 0 Å². The summed E-state index contributed by atoms with van der Waals surface area (Å²) in [5.74, 6) is -0.484. The van der Waals surface area contributed by atoms with Crippen LogP contribution in [0.4, 0.5) is 11.4 Å². The van der Waals surface area contributed by atoms with Crippen molar-refractivity contribution in [1.29, 1.82) is 0 Å². The molecule has 0 atom stereocenters. The fourth-order valence-corrected chi connectivity index (χ4v) is 3.31. The van der Waals surface area contributed by atoms with Crippen LogP contribution in [0.15, 0.2) is 60.9 Å². The molecule has 2 heterocycles. The molecular formula is C24H30N4O4. The lowest BCUT2D eigenvalue weighted by atomic mass is 10.2. The molecule has 0 amide bonds. The zero-order valence-corrected chi connectivity index (χ0v) is 18.5. The first kappa shape index (κ1) is 23.0. The van der Waals surface area contributed by atoms with Crippen molar-refractivity contribution in [3.05, 3.63) is 72.3 Å². The Balaban J connectivity index is 1.49. The molecular weight excluding hydrogens is 408 g/mol. The topological polar surface area (TPSA) is 86.5 Å². The van der Waals surface area contributed by atoms with Gasteiger partial charge < -0.3 is 29.2 Å². The summed E-state index contributed by atoms with van der Waals surface area (Å²) in [6, 6.07) is 15.8. The third kappa shape index (κ3) is 6.66. The highest BCUT2D eigenvalue weighted by molar-refractivity contribution is 5.69. The van der Waals surface area contributed by atoms with Gasteiger partial charge in [0, 0.05) is 35.2 Å². The number of carbonyl (C=O) groups is 2. The van der Waals surface area contributed by atoms with Gasteiger partial charge in [-0.05, 0) is 62.4 Å². The van der Waals surface area contributed by atoms with Crippen molar-refractivity contribution >= 4 is 23.3 Å². The fourth-order valence-electron chi connectivity index (χ4n) is 3.31. The van der Waals surface area contributed by atoms with E-state index in [4.69, 9.17) is 9.47 Å². The van der Waals surface area contributed by atoms with Crippen molar-refractivity contribution in [2.24, 2.45) is 0 Å². The minimum atomic E-state index is -0.242. The molecule has 1 aromatic carbocycles. The maximum absolute atomic E-state index is 11.7. The van der Waals surface area contributed by atoms with Crippen LogP contribution < -0.4 is 10.6 Å². The zero-order valence-electron chi connectivity index (χ0n) is 18.5. The fraction of sp³-hybridized carbons (Fsp3) is 0.333. The zero-order chi connectivity index (χ0) is 22.8. The minimum absolute atomic E-state index is 0.207. The van der Waals surface area contributed by atoms with E-state index < -0.39 is 0 Å². The average molecular weight is 439 g/mol. The Morgan fingerprint density at radius 2 is 1.12 bits per heavy atom. The van der Waals surface area contributed by atoms with Crippen LogP contribution in [0.3, 0.4) is 0 Å². The second-order valence-corrected chi connectivity index (χ2v) is 7.15. The van der Waals surface area contributed by atoms with Gasteiger partial charge in [0.25, 0.3) is 0 Å². The Kier molecular flexibility index (Phi) is 8.36. The highest BCUT2D eigenvalue weighted by Crippen LogP contribution is 2.16. The van der Waals surface area contributed by atoms with Crippen LogP contribution in [0.5, 0.6) is 0 Å². The lowest BCUT2D eigenvalue weighted by molar-refractivity contribution is -0.144. The Bertz CT molecular complexity index is 926. The molecule has 170 valence electrons. The van der Waals surface area contributed by atoms with Gasteiger partial charge in [-0.1, -0.05) is 0 Å².